The van der Waals surface area contributed by atoms with Crippen LogP contribution in [-0.4, -0.2) is 66.8 Å². The highest BCUT2D eigenvalue weighted by atomic mass is 16.5. The summed E-state index contributed by atoms with van der Waals surface area (Å²) in [6, 6.07) is 6.56. The molecule has 0 aliphatic carbocycles. The predicted molar refractivity (Wildman–Crippen MR) is 146 cm³/mol. The molecule has 210 valence electrons. The highest BCUT2D eigenvalue weighted by Gasteiger charge is 2.33. The van der Waals surface area contributed by atoms with Gasteiger partial charge in [-0.2, -0.15) is 0 Å². The Morgan fingerprint density at radius 3 is 2.08 bits per heavy atom. The minimum absolute atomic E-state index is 0.102. The Balaban J connectivity index is 2.96. The molecule has 0 radical (unpaired) electrons. The second-order valence-electron chi connectivity index (χ2n) is 10.6. The monoisotopic (exact) mass is 520 g/mol. The van der Waals surface area contributed by atoms with Crippen LogP contribution in [-0.2, 0) is 25.5 Å². The number of rotatable bonds is 16. The number of nitrogens with one attached hydrogen (secondary N) is 3. The van der Waals surface area contributed by atoms with Gasteiger partial charge in [-0.15, -0.1) is 0 Å². The Morgan fingerprint density at radius 1 is 0.973 bits per heavy atom. The molecule has 6 N–H and O–H groups in total. The summed E-state index contributed by atoms with van der Waals surface area (Å²) in [5.74, 6) is -1.29. The van der Waals surface area contributed by atoms with Gasteiger partial charge in [-0.3, -0.25) is 9.59 Å². The number of nitrogens with two attached hydrogens (primary N) is 1. The Hall–Kier alpha value is -2.49. The average Bonchev–Trinajstić information content (AvgIpc) is 2.85. The number of amides is 2. The predicted octanol–water partition coefficient (Wildman–Crippen LogP) is 1.77. The first-order valence-corrected chi connectivity index (χ1v) is 13.3. The van der Waals surface area contributed by atoms with Crippen molar-refractivity contribution in [3.8, 4) is 0 Å². The average molecular weight is 521 g/mol. The molecule has 9 nitrogen and oxygen atoms in total. The zero-order valence-electron chi connectivity index (χ0n) is 23.5. The van der Waals surface area contributed by atoms with Crippen LogP contribution in [0.3, 0.4) is 0 Å². The van der Waals surface area contributed by atoms with E-state index in [1.807, 2.05) is 71.9 Å². The molecule has 0 heterocycles. The van der Waals surface area contributed by atoms with E-state index in [0.29, 0.717) is 18.8 Å². The van der Waals surface area contributed by atoms with Crippen molar-refractivity contribution in [1.82, 2.24) is 16.0 Å². The molecule has 0 saturated carbocycles. The summed E-state index contributed by atoms with van der Waals surface area (Å²) in [7, 11) is 1.28. The number of methoxy groups -OCH3 is 1. The number of hydrogen-bond donors (Lipinski definition) is 5. The Morgan fingerprint density at radius 2 is 1.57 bits per heavy atom. The Labute approximate surface area is 222 Å². The van der Waals surface area contributed by atoms with E-state index in [0.717, 1.165) is 5.56 Å². The molecule has 0 aliphatic heterocycles. The van der Waals surface area contributed by atoms with Crippen LogP contribution in [0.2, 0.25) is 0 Å². The van der Waals surface area contributed by atoms with Gasteiger partial charge in [0, 0.05) is 19.0 Å². The van der Waals surface area contributed by atoms with Crippen molar-refractivity contribution in [3.05, 3.63) is 35.9 Å². The fourth-order valence-electron chi connectivity index (χ4n) is 4.12. The van der Waals surface area contributed by atoms with Crippen molar-refractivity contribution in [1.29, 1.82) is 0 Å². The van der Waals surface area contributed by atoms with E-state index in [-0.39, 0.29) is 30.7 Å². The van der Waals surface area contributed by atoms with Gasteiger partial charge in [-0.1, -0.05) is 78.3 Å². The summed E-state index contributed by atoms with van der Waals surface area (Å²) in [4.78, 5) is 39.1. The maximum Gasteiger partial charge on any atom is 0.328 e. The number of esters is 1. The van der Waals surface area contributed by atoms with Gasteiger partial charge < -0.3 is 31.5 Å². The van der Waals surface area contributed by atoms with Crippen LogP contribution in [0.5, 0.6) is 0 Å². The smallest absolute Gasteiger partial charge is 0.328 e. The molecule has 0 saturated heterocycles. The molecular weight excluding hydrogens is 472 g/mol. The molecule has 0 aliphatic rings. The zero-order valence-corrected chi connectivity index (χ0v) is 23.5. The van der Waals surface area contributed by atoms with Gasteiger partial charge in [-0.05, 0) is 29.7 Å². The quantitative estimate of drug-likeness (QED) is 0.209. The van der Waals surface area contributed by atoms with E-state index >= 15 is 0 Å². The molecule has 1 rings (SSSR count). The molecule has 37 heavy (non-hydrogen) atoms. The normalized spacial score (nSPS) is 16.4. The van der Waals surface area contributed by atoms with Crippen LogP contribution in [0, 0.1) is 17.8 Å². The second kappa shape index (κ2) is 16.4. The third kappa shape index (κ3) is 11.2. The van der Waals surface area contributed by atoms with E-state index in [4.69, 9.17) is 10.5 Å². The van der Waals surface area contributed by atoms with E-state index in [1.165, 1.54) is 7.11 Å². The molecule has 2 amide bonds. The second-order valence-corrected chi connectivity index (χ2v) is 10.6. The molecule has 1 aromatic carbocycles. The van der Waals surface area contributed by atoms with Gasteiger partial charge in [0.05, 0.1) is 19.3 Å². The van der Waals surface area contributed by atoms with Crippen molar-refractivity contribution in [2.24, 2.45) is 23.5 Å². The summed E-state index contributed by atoms with van der Waals surface area (Å²) >= 11 is 0. The van der Waals surface area contributed by atoms with E-state index in [9.17, 15) is 19.5 Å². The van der Waals surface area contributed by atoms with Gasteiger partial charge in [0.1, 0.15) is 12.1 Å². The van der Waals surface area contributed by atoms with Gasteiger partial charge in [-0.25, -0.2) is 4.79 Å². The number of aliphatic hydroxyl groups excluding tert-OH is 1. The Kier molecular flexibility index (Phi) is 14.4. The fraction of sp³-hybridized carbons (Fsp3) is 0.679. The van der Waals surface area contributed by atoms with Crippen LogP contribution >= 0.6 is 0 Å². The maximum atomic E-state index is 13.3. The van der Waals surface area contributed by atoms with Crippen molar-refractivity contribution >= 4 is 17.8 Å². The van der Waals surface area contributed by atoms with Crippen molar-refractivity contribution in [2.45, 2.75) is 91.1 Å². The maximum absolute atomic E-state index is 13.3. The van der Waals surface area contributed by atoms with Crippen LogP contribution < -0.4 is 21.7 Å². The topological polar surface area (TPSA) is 143 Å². The van der Waals surface area contributed by atoms with E-state index in [1.54, 1.807) is 0 Å². The lowest BCUT2D eigenvalue weighted by atomic mass is 9.95. The summed E-state index contributed by atoms with van der Waals surface area (Å²) in [6.07, 6.45) is 0.777. The lowest BCUT2D eigenvalue weighted by Crippen LogP contribution is -2.59. The molecule has 0 bridgehead atoms. The summed E-state index contributed by atoms with van der Waals surface area (Å²) < 4.78 is 4.92. The molecule has 0 fully saturated rings. The SMILES string of the molecule is CC[C@H](C)[C@H](NC(=O)[C@@H](NCC(O)C(N)CC(C)C)C(C)C)C(=O)N[C@@H](Cc1ccccc1)C(=O)OC. The molecule has 2 unspecified atom stereocenters. The molecule has 9 heteroatoms. The first-order valence-electron chi connectivity index (χ1n) is 13.3. The van der Waals surface area contributed by atoms with Crippen LogP contribution in [0.25, 0.3) is 0 Å². The number of ether oxygens (including phenoxy) is 1. The molecule has 6 atom stereocenters. The minimum atomic E-state index is -0.889. The van der Waals surface area contributed by atoms with Gasteiger partial charge in [0.25, 0.3) is 0 Å². The Bertz CT molecular complexity index is 833. The standard InChI is InChI=1S/C28H48N4O5/c1-8-19(6)25(27(35)31-22(28(36)37-7)15-20-12-10-9-11-13-20)32-26(34)24(18(4)5)30-16-23(33)21(29)14-17(2)3/h9-13,17-19,21-25,30,33H,8,14-16,29H2,1-7H3,(H,31,35)(H,32,34)/t19-,21?,22-,23?,24-,25-/m0/s1. The number of benzene rings is 1. The van der Waals surface area contributed by atoms with Gasteiger partial charge >= 0.3 is 5.97 Å². The lowest BCUT2D eigenvalue weighted by Gasteiger charge is -2.30. The van der Waals surface area contributed by atoms with Crippen molar-refractivity contribution < 1.29 is 24.2 Å². The molecule has 0 aromatic heterocycles. The highest BCUT2D eigenvalue weighted by Crippen LogP contribution is 2.13. The largest absolute Gasteiger partial charge is 0.467 e. The van der Waals surface area contributed by atoms with Gasteiger partial charge in [0.2, 0.25) is 11.8 Å². The molecule has 0 spiro atoms. The summed E-state index contributed by atoms with van der Waals surface area (Å²) in [5, 5.41) is 19.2. The van der Waals surface area contributed by atoms with Crippen molar-refractivity contribution in [3.63, 3.8) is 0 Å². The van der Waals surface area contributed by atoms with Gasteiger partial charge in [0.15, 0.2) is 0 Å². The first kappa shape index (κ1) is 32.5. The number of carbonyl (C=O) groups is 3. The number of carbonyl (C=O) groups excluding carboxylic acids is 3. The first-order chi connectivity index (χ1) is 17.4. The number of hydrogen-bond acceptors (Lipinski definition) is 7. The highest BCUT2D eigenvalue weighted by molar-refractivity contribution is 5.92. The van der Waals surface area contributed by atoms with E-state index in [2.05, 4.69) is 16.0 Å². The lowest BCUT2D eigenvalue weighted by molar-refractivity contribution is -0.145. The zero-order chi connectivity index (χ0) is 28.1. The van der Waals surface area contributed by atoms with Crippen LogP contribution in [0.4, 0.5) is 0 Å². The molecule has 1 aromatic rings. The third-order valence-corrected chi connectivity index (χ3v) is 6.61. The molecular formula is C28H48N4O5. The van der Waals surface area contributed by atoms with Crippen LogP contribution in [0.1, 0.15) is 59.9 Å². The third-order valence-electron chi connectivity index (χ3n) is 6.61. The minimum Gasteiger partial charge on any atom is -0.467 e. The van der Waals surface area contributed by atoms with Crippen molar-refractivity contribution in [2.75, 3.05) is 13.7 Å². The fourth-order valence-corrected chi connectivity index (χ4v) is 4.12. The summed E-state index contributed by atoms with van der Waals surface area (Å²) in [5.41, 5.74) is 6.97. The summed E-state index contributed by atoms with van der Waals surface area (Å²) in [6.45, 7) is 11.8. The number of aliphatic hydroxyl groups is 1. The van der Waals surface area contributed by atoms with E-state index < -0.39 is 42.1 Å². The van der Waals surface area contributed by atoms with Crippen LogP contribution in [0.15, 0.2) is 30.3 Å².